The van der Waals surface area contributed by atoms with Crippen LogP contribution in [0.3, 0.4) is 0 Å². The van der Waals surface area contributed by atoms with Gasteiger partial charge in [0.2, 0.25) is 0 Å². The van der Waals surface area contributed by atoms with Gasteiger partial charge >= 0.3 is 5.69 Å². The molecule has 2 aromatic heterocycles. The lowest BCUT2D eigenvalue weighted by atomic mass is 10.2. The zero-order chi connectivity index (χ0) is 17.5. The summed E-state index contributed by atoms with van der Waals surface area (Å²) in [6.07, 6.45) is 3.96. The highest BCUT2D eigenvalue weighted by Gasteiger charge is 2.16. The fourth-order valence-electron chi connectivity index (χ4n) is 2.93. The number of nitrogens with one attached hydrogen (secondary N) is 2. The Morgan fingerprint density at radius 2 is 2.27 bits per heavy atom. The lowest BCUT2D eigenvalue weighted by molar-refractivity contribution is 0.509. The number of hydrogen-bond acceptors (Lipinski definition) is 4. The van der Waals surface area contributed by atoms with Crippen LogP contribution < -0.4 is 16.3 Å². The summed E-state index contributed by atoms with van der Waals surface area (Å²) in [5, 5.41) is 13.1. The third-order valence-corrected chi connectivity index (χ3v) is 5.05. The van der Waals surface area contributed by atoms with Crippen molar-refractivity contribution in [1.29, 1.82) is 0 Å². The van der Waals surface area contributed by atoms with Gasteiger partial charge in [0.15, 0.2) is 5.96 Å². The summed E-state index contributed by atoms with van der Waals surface area (Å²) >= 11 is 1.71. The minimum atomic E-state index is 0. The van der Waals surface area contributed by atoms with Crippen molar-refractivity contribution < 1.29 is 0 Å². The molecule has 0 aliphatic carbocycles. The second-order valence-electron chi connectivity index (χ2n) is 6.09. The van der Waals surface area contributed by atoms with E-state index in [9.17, 15) is 4.79 Å². The van der Waals surface area contributed by atoms with Crippen LogP contribution in [0.25, 0.3) is 0 Å². The predicted molar refractivity (Wildman–Crippen MR) is 117 cm³/mol. The Kier molecular flexibility index (Phi) is 8.63. The summed E-state index contributed by atoms with van der Waals surface area (Å²) < 4.78 is 3.43. The normalized spacial score (nSPS) is 13.8. The van der Waals surface area contributed by atoms with Crippen molar-refractivity contribution in [3.8, 4) is 0 Å². The Labute approximate surface area is 174 Å². The van der Waals surface area contributed by atoms with Crippen molar-refractivity contribution in [3.05, 3.63) is 38.7 Å². The van der Waals surface area contributed by atoms with E-state index in [1.54, 1.807) is 16.0 Å². The second kappa shape index (κ2) is 10.7. The van der Waals surface area contributed by atoms with E-state index < -0.39 is 0 Å². The Bertz CT molecular complexity index is 752. The number of thiophene rings is 1. The van der Waals surface area contributed by atoms with Gasteiger partial charge in [-0.3, -0.25) is 4.57 Å². The van der Waals surface area contributed by atoms with Gasteiger partial charge in [0.1, 0.15) is 5.82 Å². The topological polar surface area (TPSA) is 76.2 Å². The minimum absolute atomic E-state index is 0. The van der Waals surface area contributed by atoms with Gasteiger partial charge in [0.25, 0.3) is 0 Å². The molecule has 0 saturated carbocycles. The summed E-state index contributed by atoms with van der Waals surface area (Å²) in [7, 11) is 0. The van der Waals surface area contributed by atoms with E-state index in [1.165, 1.54) is 4.88 Å². The number of nitrogens with zero attached hydrogens (tertiary/aromatic N) is 4. The highest BCUT2D eigenvalue weighted by atomic mass is 127. The number of fused-ring (bicyclic) bond motifs is 1. The molecule has 0 bridgehead atoms. The summed E-state index contributed by atoms with van der Waals surface area (Å²) in [6.45, 7) is 5.76. The van der Waals surface area contributed by atoms with Gasteiger partial charge in [-0.15, -0.1) is 35.3 Å². The second-order valence-corrected chi connectivity index (χ2v) is 7.12. The number of halogens is 1. The molecule has 2 aromatic rings. The molecular formula is C17H27IN6OS. The monoisotopic (exact) mass is 490 g/mol. The van der Waals surface area contributed by atoms with Crippen LogP contribution in [0.5, 0.6) is 0 Å². The molecule has 1 aliphatic rings. The van der Waals surface area contributed by atoms with Crippen LogP contribution in [0.1, 0.15) is 36.9 Å². The highest BCUT2D eigenvalue weighted by molar-refractivity contribution is 14.0. The zero-order valence-corrected chi connectivity index (χ0v) is 18.3. The SMILES string of the molecule is CCNC(=NCc1cccs1)NCCCn1nc2n(c1=O)CCCC2.I. The molecule has 0 aromatic carbocycles. The van der Waals surface area contributed by atoms with Crippen LogP contribution in [-0.4, -0.2) is 33.4 Å². The largest absolute Gasteiger partial charge is 0.357 e. The third kappa shape index (κ3) is 5.57. The number of aliphatic imine (C=N–C) groups is 1. The van der Waals surface area contributed by atoms with Crippen LogP contribution >= 0.6 is 35.3 Å². The molecule has 7 nitrogen and oxygen atoms in total. The molecule has 0 amide bonds. The van der Waals surface area contributed by atoms with E-state index in [-0.39, 0.29) is 29.7 Å². The van der Waals surface area contributed by atoms with Gasteiger partial charge < -0.3 is 10.6 Å². The first-order chi connectivity index (χ1) is 12.3. The first kappa shape index (κ1) is 20.9. The number of aromatic nitrogens is 3. The molecule has 9 heteroatoms. The smallest absolute Gasteiger partial charge is 0.345 e. The van der Waals surface area contributed by atoms with Gasteiger partial charge in [0.05, 0.1) is 6.54 Å². The molecule has 1 aliphatic heterocycles. The number of hydrogen-bond donors (Lipinski definition) is 2. The van der Waals surface area contributed by atoms with Crippen LogP contribution in [0.2, 0.25) is 0 Å². The molecule has 144 valence electrons. The van der Waals surface area contributed by atoms with Crippen LogP contribution in [0.15, 0.2) is 27.3 Å². The first-order valence-electron chi connectivity index (χ1n) is 8.99. The van der Waals surface area contributed by atoms with Gasteiger partial charge in [-0.25, -0.2) is 14.5 Å². The standard InChI is InChI=1S/C17H26N6OS.HI/c1-2-18-16(20-13-14-7-5-12-25-14)19-9-6-11-23-17(24)22-10-4-3-8-15(22)21-23;/h5,7,12H,2-4,6,8-11,13H2,1H3,(H2,18,19,20);1H. The molecule has 0 spiro atoms. The quantitative estimate of drug-likeness (QED) is 0.270. The lowest BCUT2D eigenvalue weighted by Gasteiger charge is -2.10. The summed E-state index contributed by atoms with van der Waals surface area (Å²) in [6, 6.07) is 4.13. The molecule has 3 heterocycles. The van der Waals surface area contributed by atoms with Crippen molar-refractivity contribution in [2.45, 2.75) is 52.2 Å². The molecule has 2 N–H and O–H groups in total. The number of aryl methyl sites for hydroxylation is 2. The van der Waals surface area contributed by atoms with E-state index in [0.717, 1.165) is 57.1 Å². The van der Waals surface area contributed by atoms with E-state index in [4.69, 9.17) is 0 Å². The van der Waals surface area contributed by atoms with Crippen molar-refractivity contribution in [2.24, 2.45) is 4.99 Å². The molecule has 3 rings (SSSR count). The predicted octanol–water partition coefficient (Wildman–Crippen LogP) is 2.21. The average Bonchev–Trinajstić information content (AvgIpc) is 3.25. The van der Waals surface area contributed by atoms with Gasteiger partial charge in [-0.2, -0.15) is 5.10 Å². The maximum absolute atomic E-state index is 12.3. The Hall–Kier alpha value is -1.36. The molecule has 26 heavy (non-hydrogen) atoms. The summed E-state index contributed by atoms with van der Waals surface area (Å²) in [4.78, 5) is 18.1. The van der Waals surface area contributed by atoms with E-state index in [1.807, 2.05) is 10.6 Å². The maximum Gasteiger partial charge on any atom is 0.345 e. The fourth-order valence-corrected chi connectivity index (χ4v) is 3.56. The van der Waals surface area contributed by atoms with Gasteiger partial charge in [-0.1, -0.05) is 6.07 Å². The highest BCUT2D eigenvalue weighted by Crippen LogP contribution is 2.10. The van der Waals surface area contributed by atoms with Gasteiger partial charge in [0, 0.05) is 37.5 Å². The Morgan fingerprint density at radius 3 is 3.00 bits per heavy atom. The van der Waals surface area contributed by atoms with Crippen molar-refractivity contribution in [1.82, 2.24) is 25.0 Å². The Morgan fingerprint density at radius 1 is 1.38 bits per heavy atom. The van der Waals surface area contributed by atoms with E-state index in [2.05, 4.69) is 39.1 Å². The van der Waals surface area contributed by atoms with Crippen molar-refractivity contribution in [3.63, 3.8) is 0 Å². The van der Waals surface area contributed by atoms with Crippen LogP contribution in [-0.2, 0) is 26.1 Å². The van der Waals surface area contributed by atoms with Crippen molar-refractivity contribution >= 4 is 41.3 Å². The molecule has 0 unspecified atom stereocenters. The van der Waals surface area contributed by atoms with Crippen LogP contribution in [0.4, 0.5) is 0 Å². The molecular weight excluding hydrogens is 463 g/mol. The van der Waals surface area contributed by atoms with Crippen molar-refractivity contribution in [2.75, 3.05) is 13.1 Å². The van der Waals surface area contributed by atoms with E-state index >= 15 is 0 Å². The van der Waals surface area contributed by atoms with E-state index in [0.29, 0.717) is 13.1 Å². The molecule has 0 fully saturated rings. The summed E-state index contributed by atoms with van der Waals surface area (Å²) in [5.41, 5.74) is 0.0352. The average molecular weight is 490 g/mol. The maximum atomic E-state index is 12.3. The van der Waals surface area contributed by atoms with Gasteiger partial charge in [-0.05, 0) is 37.6 Å². The third-order valence-electron chi connectivity index (χ3n) is 4.19. The molecule has 0 saturated heterocycles. The summed E-state index contributed by atoms with van der Waals surface area (Å²) in [5.74, 6) is 1.75. The lowest BCUT2D eigenvalue weighted by Crippen LogP contribution is -2.38. The molecule has 0 radical (unpaired) electrons. The minimum Gasteiger partial charge on any atom is -0.357 e. The van der Waals surface area contributed by atoms with Crippen LogP contribution in [0, 0.1) is 0 Å². The number of guanidine groups is 1. The fraction of sp³-hybridized carbons (Fsp3) is 0.588. The zero-order valence-electron chi connectivity index (χ0n) is 15.1. The number of rotatable bonds is 7. The Balaban J connectivity index is 0.00000243. The molecule has 0 atom stereocenters. The first-order valence-corrected chi connectivity index (χ1v) is 9.87.